The molecular formula is C13H22O7. The lowest BCUT2D eigenvalue weighted by molar-refractivity contribution is -0.231. The van der Waals surface area contributed by atoms with Crippen molar-refractivity contribution >= 4 is 5.97 Å². The molecule has 2 aliphatic rings. The van der Waals surface area contributed by atoms with E-state index in [2.05, 4.69) is 0 Å². The molecule has 7 nitrogen and oxygen atoms in total. The Morgan fingerprint density at radius 3 is 2.70 bits per heavy atom. The summed E-state index contributed by atoms with van der Waals surface area (Å²) in [5.41, 5.74) is 0. The van der Waals surface area contributed by atoms with Gasteiger partial charge < -0.3 is 29.2 Å². The zero-order chi connectivity index (χ0) is 14.9. The number of esters is 1. The molecule has 0 aromatic heterocycles. The van der Waals surface area contributed by atoms with Crippen LogP contribution in [-0.4, -0.2) is 59.3 Å². The molecule has 0 bridgehead atoms. The van der Waals surface area contributed by atoms with Crippen LogP contribution in [0.2, 0.25) is 0 Å². The molecule has 5 atom stereocenters. The van der Waals surface area contributed by atoms with Crippen molar-refractivity contribution in [1.29, 1.82) is 0 Å². The van der Waals surface area contributed by atoms with Crippen LogP contribution in [0.3, 0.4) is 0 Å². The molecule has 116 valence electrons. The van der Waals surface area contributed by atoms with E-state index < -0.39 is 43.1 Å². The molecule has 0 unspecified atom stereocenters. The first kappa shape index (κ1) is 15.7. The molecule has 2 heterocycles. The van der Waals surface area contributed by atoms with Crippen molar-refractivity contribution in [3.05, 3.63) is 0 Å². The van der Waals surface area contributed by atoms with Gasteiger partial charge in [-0.15, -0.1) is 0 Å². The number of ether oxygens (including phenoxy) is 4. The minimum atomic E-state index is -1.16. The van der Waals surface area contributed by atoms with Crippen LogP contribution in [0.15, 0.2) is 0 Å². The maximum absolute atomic E-state index is 11.7. The van der Waals surface area contributed by atoms with Crippen molar-refractivity contribution in [2.24, 2.45) is 0 Å². The van der Waals surface area contributed by atoms with Gasteiger partial charge in [-0.2, -0.15) is 0 Å². The molecule has 0 saturated carbocycles. The summed E-state index contributed by atoms with van der Waals surface area (Å²) in [5.74, 6) is -1.22. The lowest BCUT2D eigenvalue weighted by atomic mass is 10.1. The minimum absolute atomic E-state index is 0.278. The van der Waals surface area contributed by atoms with Crippen LogP contribution < -0.4 is 0 Å². The van der Waals surface area contributed by atoms with E-state index in [-0.39, 0.29) is 12.4 Å². The second-order valence-electron chi connectivity index (χ2n) is 5.52. The largest absolute Gasteiger partial charge is 0.456 e. The zero-order valence-electron chi connectivity index (χ0n) is 11.9. The Labute approximate surface area is 117 Å². The average molecular weight is 290 g/mol. The van der Waals surface area contributed by atoms with Crippen LogP contribution in [0.4, 0.5) is 0 Å². The molecule has 2 N–H and O–H groups in total. The highest BCUT2D eigenvalue weighted by Crippen LogP contribution is 2.39. The molecule has 2 aliphatic heterocycles. The SMILES string of the molecule is CCCC(=O)O[C@H]1[C@H]2OC(C)(C)O[C@@H]2O[C@@H]1[C@H](O)CO. The summed E-state index contributed by atoms with van der Waals surface area (Å²) < 4.78 is 22.1. The summed E-state index contributed by atoms with van der Waals surface area (Å²) >= 11 is 0. The third kappa shape index (κ3) is 3.12. The van der Waals surface area contributed by atoms with Crippen LogP contribution in [0.5, 0.6) is 0 Å². The van der Waals surface area contributed by atoms with Crippen molar-refractivity contribution in [2.75, 3.05) is 6.61 Å². The van der Waals surface area contributed by atoms with Crippen molar-refractivity contribution in [1.82, 2.24) is 0 Å². The summed E-state index contributed by atoms with van der Waals surface area (Å²) in [6.07, 6.45) is -3.17. The molecule has 0 amide bonds. The number of aliphatic hydroxyl groups excluding tert-OH is 2. The minimum Gasteiger partial charge on any atom is -0.456 e. The molecule has 0 aromatic carbocycles. The molecule has 2 saturated heterocycles. The highest BCUT2D eigenvalue weighted by atomic mass is 16.8. The molecule has 0 spiro atoms. The first-order valence-electron chi connectivity index (χ1n) is 6.87. The molecule has 2 rings (SSSR count). The quantitative estimate of drug-likeness (QED) is 0.684. The third-order valence-corrected chi connectivity index (χ3v) is 3.31. The molecule has 0 aliphatic carbocycles. The number of fused-ring (bicyclic) bond motifs is 1. The molecular weight excluding hydrogens is 268 g/mol. The maximum Gasteiger partial charge on any atom is 0.306 e. The van der Waals surface area contributed by atoms with Gasteiger partial charge in [0.2, 0.25) is 0 Å². The summed E-state index contributed by atoms with van der Waals surface area (Å²) in [6.45, 7) is 4.84. The molecule has 0 aromatic rings. The Morgan fingerprint density at radius 2 is 2.10 bits per heavy atom. The first-order valence-corrected chi connectivity index (χ1v) is 6.87. The highest BCUT2D eigenvalue weighted by molar-refractivity contribution is 5.69. The van der Waals surface area contributed by atoms with Crippen LogP contribution in [0.1, 0.15) is 33.6 Å². The standard InChI is InChI=1S/C13H22O7/c1-4-5-8(16)17-10-9(7(15)6-14)18-12-11(10)19-13(2,3)20-12/h7,9-12,14-15H,4-6H2,1-3H3/t7-,9-,10-,11-,12+/m1/s1. The summed E-state index contributed by atoms with van der Waals surface area (Å²) in [7, 11) is 0. The average Bonchev–Trinajstić information content (AvgIpc) is 2.82. The van der Waals surface area contributed by atoms with Crippen molar-refractivity contribution < 1.29 is 34.0 Å². The highest BCUT2D eigenvalue weighted by Gasteiger charge is 2.58. The maximum atomic E-state index is 11.7. The lowest BCUT2D eigenvalue weighted by Gasteiger charge is -2.27. The first-order chi connectivity index (χ1) is 9.38. The summed E-state index contributed by atoms with van der Waals surface area (Å²) in [6, 6.07) is 0. The van der Waals surface area contributed by atoms with Gasteiger partial charge in [0.05, 0.1) is 6.61 Å². The van der Waals surface area contributed by atoms with Gasteiger partial charge in [-0.3, -0.25) is 4.79 Å². The van der Waals surface area contributed by atoms with Gasteiger partial charge in [-0.1, -0.05) is 6.92 Å². The number of hydrogen-bond acceptors (Lipinski definition) is 7. The number of hydrogen-bond donors (Lipinski definition) is 2. The van der Waals surface area contributed by atoms with E-state index in [0.717, 1.165) is 0 Å². The van der Waals surface area contributed by atoms with Gasteiger partial charge in [0, 0.05) is 6.42 Å². The van der Waals surface area contributed by atoms with Crippen molar-refractivity contribution in [3.63, 3.8) is 0 Å². The number of carbonyl (C=O) groups excluding carboxylic acids is 1. The summed E-state index contributed by atoms with van der Waals surface area (Å²) in [5, 5.41) is 18.8. The van der Waals surface area contributed by atoms with E-state index in [1.54, 1.807) is 13.8 Å². The predicted molar refractivity (Wildman–Crippen MR) is 66.6 cm³/mol. The Hall–Kier alpha value is -0.730. The zero-order valence-corrected chi connectivity index (χ0v) is 11.9. The Kier molecular flexibility index (Phi) is 4.66. The van der Waals surface area contributed by atoms with Crippen molar-refractivity contribution in [2.45, 2.75) is 70.1 Å². The number of carbonyl (C=O) groups is 1. The smallest absolute Gasteiger partial charge is 0.306 e. The predicted octanol–water partition coefficient (Wildman–Crippen LogP) is -0.0721. The van der Waals surface area contributed by atoms with Crippen molar-refractivity contribution in [3.8, 4) is 0 Å². The van der Waals surface area contributed by atoms with Gasteiger partial charge >= 0.3 is 5.97 Å². The Morgan fingerprint density at radius 1 is 1.40 bits per heavy atom. The van der Waals surface area contributed by atoms with Gasteiger partial charge in [-0.05, 0) is 20.3 Å². The van der Waals surface area contributed by atoms with E-state index in [1.807, 2.05) is 6.92 Å². The molecule has 7 heteroatoms. The van der Waals surface area contributed by atoms with Crippen LogP contribution >= 0.6 is 0 Å². The van der Waals surface area contributed by atoms with E-state index in [0.29, 0.717) is 6.42 Å². The van der Waals surface area contributed by atoms with Gasteiger partial charge in [0.25, 0.3) is 0 Å². The van der Waals surface area contributed by atoms with Crippen LogP contribution in [-0.2, 0) is 23.7 Å². The molecule has 2 fully saturated rings. The summed E-state index contributed by atoms with van der Waals surface area (Å²) in [4.78, 5) is 11.7. The monoisotopic (exact) mass is 290 g/mol. The fourth-order valence-electron chi connectivity index (χ4n) is 2.47. The number of rotatable bonds is 5. The third-order valence-electron chi connectivity index (χ3n) is 3.31. The van der Waals surface area contributed by atoms with E-state index in [1.165, 1.54) is 0 Å². The van der Waals surface area contributed by atoms with E-state index in [9.17, 15) is 9.90 Å². The Bertz CT molecular complexity index is 357. The lowest BCUT2D eigenvalue weighted by Crippen LogP contribution is -2.45. The fraction of sp³-hybridized carbons (Fsp3) is 0.923. The molecule has 0 radical (unpaired) electrons. The molecule has 20 heavy (non-hydrogen) atoms. The van der Waals surface area contributed by atoms with Gasteiger partial charge in [-0.25, -0.2) is 0 Å². The normalized spacial score (nSPS) is 36.6. The Balaban J connectivity index is 2.10. The van der Waals surface area contributed by atoms with E-state index >= 15 is 0 Å². The number of aliphatic hydroxyl groups is 2. The topological polar surface area (TPSA) is 94.5 Å². The van der Waals surface area contributed by atoms with E-state index in [4.69, 9.17) is 24.1 Å². The second kappa shape index (κ2) is 5.95. The van der Waals surface area contributed by atoms with Crippen LogP contribution in [0.25, 0.3) is 0 Å². The fourth-order valence-corrected chi connectivity index (χ4v) is 2.47. The van der Waals surface area contributed by atoms with Gasteiger partial charge in [0.1, 0.15) is 12.2 Å². The second-order valence-corrected chi connectivity index (χ2v) is 5.52. The van der Waals surface area contributed by atoms with Gasteiger partial charge in [0.15, 0.2) is 24.3 Å². The van der Waals surface area contributed by atoms with Crippen LogP contribution in [0, 0.1) is 0 Å².